The Morgan fingerprint density at radius 1 is 0.973 bits per heavy atom. The Labute approximate surface area is 211 Å². The number of nitrogens with zero attached hydrogens (tertiary/aromatic N) is 3. The van der Waals surface area contributed by atoms with Crippen LogP contribution < -0.4 is 9.64 Å². The average Bonchev–Trinajstić information content (AvgIpc) is 3.02. The number of hydrogen-bond donors (Lipinski definition) is 0. The highest BCUT2D eigenvalue weighted by atomic mass is 32.2. The summed E-state index contributed by atoms with van der Waals surface area (Å²) in [5.41, 5.74) is -5.33. The molecule has 1 saturated heterocycles. The molecule has 0 radical (unpaired) electrons. The van der Waals surface area contributed by atoms with Gasteiger partial charge >= 0.3 is 11.5 Å². The van der Waals surface area contributed by atoms with Gasteiger partial charge in [0.1, 0.15) is 17.9 Å². The summed E-state index contributed by atoms with van der Waals surface area (Å²) in [6.07, 6.45) is 3.03. The number of carbonyl (C=O) groups is 2. The molecule has 3 amide bonds. The molecule has 0 atom stereocenters. The zero-order chi connectivity index (χ0) is 27.0. The molecule has 0 N–H and O–H groups in total. The molecule has 2 aromatic carbocycles. The fourth-order valence-electron chi connectivity index (χ4n) is 3.81. The van der Waals surface area contributed by atoms with Crippen LogP contribution in [0.5, 0.6) is 5.75 Å². The zero-order valence-corrected chi connectivity index (χ0v) is 20.6. The zero-order valence-electron chi connectivity index (χ0n) is 19.8. The molecule has 1 aliphatic heterocycles. The average molecular weight is 534 g/mol. The number of carbonyl (C=O) groups excluding carboxylic acids is 2. The molecule has 194 valence electrons. The Morgan fingerprint density at radius 2 is 1.62 bits per heavy atom. The second-order valence-electron chi connectivity index (χ2n) is 8.77. The number of ether oxygens (including phenoxy) is 1. The van der Waals surface area contributed by atoms with Gasteiger partial charge in [0.15, 0.2) is 0 Å². The van der Waals surface area contributed by atoms with Crippen molar-refractivity contribution in [3.63, 3.8) is 0 Å². The highest BCUT2D eigenvalue weighted by Gasteiger charge is 2.52. The van der Waals surface area contributed by atoms with Crippen LogP contribution in [-0.4, -0.2) is 41.3 Å². The Kier molecular flexibility index (Phi) is 6.72. The lowest BCUT2D eigenvalue weighted by atomic mass is 10.0. The third kappa shape index (κ3) is 4.88. The van der Waals surface area contributed by atoms with Crippen LogP contribution in [0.15, 0.2) is 78.0 Å². The first-order chi connectivity index (χ1) is 17.3. The fraction of sp³-hybridized carbons (Fsp3) is 0.240. The van der Waals surface area contributed by atoms with E-state index in [-0.39, 0.29) is 18.8 Å². The molecule has 8 nitrogen and oxygen atoms in total. The molecule has 0 aliphatic carbocycles. The lowest BCUT2D eigenvalue weighted by Gasteiger charge is -2.28. The summed E-state index contributed by atoms with van der Waals surface area (Å²) in [6.45, 7) is 3.33. The van der Waals surface area contributed by atoms with E-state index in [1.807, 2.05) is 30.3 Å². The number of alkyl halides is 3. The van der Waals surface area contributed by atoms with Crippen LogP contribution >= 0.6 is 0 Å². The van der Waals surface area contributed by atoms with Gasteiger partial charge in [-0.2, -0.15) is 13.2 Å². The van der Waals surface area contributed by atoms with Crippen molar-refractivity contribution in [3.8, 4) is 5.75 Å². The maximum atomic E-state index is 13.3. The summed E-state index contributed by atoms with van der Waals surface area (Å²) < 4.78 is 67.8. The standard InChI is InChI=1S/C25H22F3N3O5S/c1-24(2)22(32)31(19-8-10-20(11-9-19)37(34,35)25(26,27)28)23(33)30(24)15-18-12-13-29-14-21(18)36-16-17-6-4-3-5-7-17/h3-14H,15-16H2,1-2H3. The van der Waals surface area contributed by atoms with E-state index < -0.39 is 37.7 Å². The van der Waals surface area contributed by atoms with Crippen LogP contribution in [0.2, 0.25) is 0 Å². The molecule has 1 aromatic heterocycles. The van der Waals surface area contributed by atoms with E-state index in [1.54, 1.807) is 19.9 Å². The van der Waals surface area contributed by atoms with Crippen molar-refractivity contribution < 1.29 is 35.9 Å². The molecular weight excluding hydrogens is 511 g/mol. The lowest BCUT2D eigenvalue weighted by Crippen LogP contribution is -2.43. The van der Waals surface area contributed by atoms with Crippen molar-refractivity contribution in [3.05, 3.63) is 84.2 Å². The van der Waals surface area contributed by atoms with Gasteiger partial charge in [0.25, 0.3) is 15.7 Å². The molecule has 3 aromatic rings. The van der Waals surface area contributed by atoms with Crippen molar-refractivity contribution in [2.24, 2.45) is 0 Å². The first-order valence-corrected chi connectivity index (χ1v) is 12.5. The molecule has 0 saturated carbocycles. The van der Waals surface area contributed by atoms with Crippen molar-refractivity contribution in [1.82, 2.24) is 9.88 Å². The van der Waals surface area contributed by atoms with Gasteiger partial charge in [-0.1, -0.05) is 30.3 Å². The van der Waals surface area contributed by atoms with Crippen LogP contribution in [0.25, 0.3) is 0 Å². The number of aromatic nitrogens is 1. The van der Waals surface area contributed by atoms with Gasteiger partial charge in [-0.15, -0.1) is 0 Å². The summed E-state index contributed by atoms with van der Waals surface area (Å²) in [5, 5.41) is 0. The fourth-order valence-corrected chi connectivity index (χ4v) is 4.57. The first kappa shape index (κ1) is 26.1. The minimum absolute atomic E-state index is 0.0126. The minimum Gasteiger partial charge on any atom is -0.487 e. The van der Waals surface area contributed by atoms with Crippen molar-refractivity contribution in [2.45, 2.75) is 42.9 Å². The van der Waals surface area contributed by atoms with E-state index in [0.717, 1.165) is 22.6 Å². The number of imide groups is 1. The van der Waals surface area contributed by atoms with E-state index >= 15 is 0 Å². The topological polar surface area (TPSA) is 96.9 Å². The summed E-state index contributed by atoms with van der Waals surface area (Å²) >= 11 is 0. The Hall–Kier alpha value is -3.93. The van der Waals surface area contributed by atoms with E-state index in [4.69, 9.17) is 4.74 Å². The Balaban J connectivity index is 1.58. The third-order valence-corrected chi connectivity index (χ3v) is 7.47. The summed E-state index contributed by atoms with van der Waals surface area (Å²) in [5.74, 6) is -0.202. The largest absolute Gasteiger partial charge is 0.501 e. The smallest absolute Gasteiger partial charge is 0.487 e. The Bertz CT molecular complexity index is 1430. The number of sulfone groups is 1. The van der Waals surface area contributed by atoms with Crippen molar-refractivity contribution in [2.75, 3.05) is 4.90 Å². The van der Waals surface area contributed by atoms with Gasteiger partial charge in [0.05, 0.1) is 23.3 Å². The molecule has 1 aliphatic rings. The maximum absolute atomic E-state index is 13.3. The number of pyridine rings is 1. The number of rotatable bonds is 7. The number of halogens is 3. The quantitative estimate of drug-likeness (QED) is 0.409. The van der Waals surface area contributed by atoms with Gasteiger partial charge in [-0.3, -0.25) is 9.78 Å². The highest BCUT2D eigenvalue weighted by molar-refractivity contribution is 7.92. The van der Waals surface area contributed by atoms with Gasteiger partial charge in [-0.05, 0) is 49.7 Å². The van der Waals surface area contributed by atoms with E-state index in [2.05, 4.69) is 4.98 Å². The Morgan fingerprint density at radius 3 is 2.24 bits per heavy atom. The molecule has 12 heteroatoms. The molecule has 0 bridgehead atoms. The molecule has 4 rings (SSSR count). The predicted octanol–water partition coefficient (Wildman–Crippen LogP) is 4.70. The summed E-state index contributed by atoms with van der Waals surface area (Å²) in [7, 11) is -5.57. The normalized spacial score (nSPS) is 15.8. The number of benzene rings is 2. The molecule has 1 fully saturated rings. The molecule has 2 heterocycles. The third-order valence-electron chi connectivity index (χ3n) is 5.97. The monoisotopic (exact) mass is 533 g/mol. The molecule has 0 spiro atoms. The summed E-state index contributed by atoms with van der Waals surface area (Å²) in [6, 6.07) is 13.8. The van der Waals surface area contributed by atoms with Crippen molar-refractivity contribution >= 4 is 27.5 Å². The second kappa shape index (κ2) is 9.51. The van der Waals surface area contributed by atoms with Gasteiger partial charge in [0, 0.05) is 11.8 Å². The lowest BCUT2D eigenvalue weighted by molar-refractivity contribution is -0.123. The number of amides is 3. The first-order valence-electron chi connectivity index (χ1n) is 11.0. The van der Waals surface area contributed by atoms with E-state index in [1.165, 1.54) is 17.3 Å². The molecule has 37 heavy (non-hydrogen) atoms. The van der Waals surface area contributed by atoms with E-state index in [0.29, 0.717) is 23.4 Å². The predicted molar refractivity (Wildman–Crippen MR) is 127 cm³/mol. The minimum atomic E-state index is -5.57. The van der Waals surface area contributed by atoms with Gasteiger partial charge in [0.2, 0.25) is 0 Å². The van der Waals surface area contributed by atoms with Crippen molar-refractivity contribution in [1.29, 1.82) is 0 Å². The van der Waals surface area contributed by atoms with Crippen LogP contribution in [0.4, 0.5) is 23.7 Å². The maximum Gasteiger partial charge on any atom is 0.501 e. The molecular formula is C25H22F3N3O5S. The van der Waals surface area contributed by atoms with Gasteiger partial charge in [-0.25, -0.2) is 18.1 Å². The van der Waals surface area contributed by atoms with E-state index in [9.17, 15) is 31.2 Å². The number of anilines is 1. The SMILES string of the molecule is CC1(C)C(=O)N(c2ccc(S(=O)(=O)C(F)(F)F)cc2)C(=O)N1Cc1ccncc1OCc1ccccc1. The number of urea groups is 1. The van der Waals surface area contributed by atoms with Crippen LogP contribution in [0.1, 0.15) is 25.0 Å². The van der Waals surface area contributed by atoms with Crippen LogP contribution in [0, 0.1) is 0 Å². The summed E-state index contributed by atoms with van der Waals surface area (Å²) in [4.78, 5) is 31.7. The number of hydrogen-bond acceptors (Lipinski definition) is 6. The van der Waals surface area contributed by atoms with Gasteiger partial charge < -0.3 is 9.64 Å². The highest BCUT2D eigenvalue weighted by Crippen LogP contribution is 2.36. The van der Waals surface area contributed by atoms with Crippen LogP contribution in [0.3, 0.4) is 0 Å². The van der Waals surface area contributed by atoms with Crippen LogP contribution in [-0.2, 0) is 27.8 Å². The molecule has 0 unspecified atom stereocenters. The second-order valence-corrected chi connectivity index (χ2v) is 10.7.